The number of nitrogens with zero attached hydrogens (tertiary/aromatic N) is 1. The molecule has 5 nitrogen and oxygen atoms in total. The molecule has 1 saturated heterocycles. The number of halogens is 1. The molecule has 1 N–H and O–H groups in total. The first-order chi connectivity index (χ1) is 10.1. The van der Waals surface area contributed by atoms with E-state index in [1.165, 1.54) is 0 Å². The summed E-state index contributed by atoms with van der Waals surface area (Å²) in [5.74, 6) is -0.431. The van der Waals surface area contributed by atoms with Gasteiger partial charge in [0.1, 0.15) is 6.54 Å². The Morgan fingerprint density at radius 1 is 1.43 bits per heavy atom. The minimum atomic E-state index is -0.431. The highest BCUT2D eigenvalue weighted by Crippen LogP contribution is 2.35. The van der Waals surface area contributed by atoms with E-state index in [0.717, 1.165) is 18.4 Å². The molecule has 2 rings (SSSR count). The Balaban J connectivity index is 2.00. The third-order valence-electron chi connectivity index (χ3n) is 3.47. The van der Waals surface area contributed by atoms with Crippen LogP contribution in [0.15, 0.2) is 24.3 Å². The summed E-state index contributed by atoms with van der Waals surface area (Å²) in [5, 5.41) is 3.26. The Kier molecular flexibility index (Phi) is 5.44. The van der Waals surface area contributed by atoms with Crippen LogP contribution in [0.5, 0.6) is 0 Å². The fourth-order valence-electron chi connectivity index (χ4n) is 2.54. The smallest absolute Gasteiger partial charge is 0.325 e. The van der Waals surface area contributed by atoms with Gasteiger partial charge >= 0.3 is 12.0 Å². The van der Waals surface area contributed by atoms with E-state index in [0.29, 0.717) is 18.2 Å². The summed E-state index contributed by atoms with van der Waals surface area (Å²) in [6, 6.07) is 7.24. The second-order valence-electron chi connectivity index (χ2n) is 4.84. The molecule has 6 heteroatoms. The van der Waals surface area contributed by atoms with Crippen LogP contribution in [0.4, 0.5) is 4.79 Å². The van der Waals surface area contributed by atoms with Crippen LogP contribution in [0.1, 0.15) is 31.4 Å². The zero-order valence-electron chi connectivity index (χ0n) is 12.0. The van der Waals surface area contributed by atoms with Gasteiger partial charge in [-0.25, -0.2) is 4.79 Å². The number of benzene rings is 1. The Labute approximate surface area is 129 Å². The fourth-order valence-corrected chi connectivity index (χ4v) is 2.80. The van der Waals surface area contributed by atoms with E-state index >= 15 is 0 Å². The zero-order valence-corrected chi connectivity index (χ0v) is 12.7. The van der Waals surface area contributed by atoms with Gasteiger partial charge in [-0.3, -0.25) is 4.79 Å². The summed E-state index contributed by atoms with van der Waals surface area (Å²) < 4.78 is 4.79. The number of hydrogen-bond acceptors (Lipinski definition) is 3. The van der Waals surface area contributed by atoms with Crippen molar-refractivity contribution in [2.75, 3.05) is 19.7 Å². The number of carbonyl (C=O) groups is 2. The predicted octanol–water partition coefficient (Wildman–Crippen LogP) is 2.75. The number of esters is 1. The summed E-state index contributed by atoms with van der Waals surface area (Å²) in [7, 11) is 0. The molecule has 0 radical (unpaired) electrons. The van der Waals surface area contributed by atoms with Crippen LogP contribution in [0, 0.1) is 0 Å². The van der Waals surface area contributed by atoms with Crippen molar-refractivity contribution in [3.8, 4) is 0 Å². The molecule has 0 spiro atoms. The minimum Gasteiger partial charge on any atom is -0.465 e. The van der Waals surface area contributed by atoms with E-state index in [-0.39, 0.29) is 18.6 Å². The predicted molar refractivity (Wildman–Crippen MR) is 80.2 cm³/mol. The Bertz CT molecular complexity index is 521. The topological polar surface area (TPSA) is 58.6 Å². The van der Waals surface area contributed by atoms with E-state index < -0.39 is 5.97 Å². The average molecular weight is 311 g/mol. The number of hydrogen-bond donors (Lipinski definition) is 1. The van der Waals surface area contributed by atoms with Crippen molar-refractivity contribution in [3.05, 3.63) is 34.9 Å². The molecule has 0 unspecified atom stereocenters. The lowest BCUT2D eigenvalue weighted by molar-refractivity contribution is -0.141. The lowest BCUT2D eigenvalue weighted by Gasteiger charge is -2.25. The van der Waals surface area contributed by atoms with Crippen molar-refractivity contribution in [2.45, 2.75) is 25.8 Å². The summed E-state index contributed by atoms with van der Waals surface area (Å²) in [4.78, 5) is 25.2. The third-order valence-corrected chi connectivity index (χ3v) is 3.81. The average Bonchev–Trinajstić information content (AvgIpc) is 2.95. The number of urea groups is 1. The first kappa shape index (κ1) is 15.6. The highest BCUT2D eigenvalue weighted by atomic mass is 35.5. The second-order valence-corrected chi connectivity index (χ2v) is 5.24. The lowest BCUT2D eigenvalue weighted by Crippen LogP contribution is -2.42. The van der Waals surface area contributed by atoms with Gasteiger partial charge in [0.25, 0.3) is 0 Å². The Morgan fingerprint density at radius 3 is 2.90 bits per heavy atom. The molecule has 1 heterocycles. The summed E-state index contributed by atoms with van der Waals surface area (Å²) in [6.07, 6.45) is 1.79. The number of carbonyl (C=O) groups excluding carboxylic acids is 2. The van der Waals surface area contributed by atoms with E-state index in [9.17, 15) is 9.59 Å². The second kappa shape index (κ2) is 7.31. The van der Waals surface area contributed by atoms with Crippen LogP contribution >= 0.6 is 11.6 Å². The molecule has 1 aromatic rings. The number of nitrogens with one attached hydrogen (secondary N) is 1. The summed E-state index contributed by atoms with van der Waals surface area (Å²) in [5.41, 5.74) is 0.947. The van der Waals surface area contributed by atoms with Crippen LogP contribution in [-0.4, -0.2) is 36.6 Å². The number of likely N-dealkylation sites (tertiary alicyclic amines) is 1. The zero-order chi connectivity index (χ0) is 15.2. The summed E-state index contributed by atoms with van der Waals surface area (Å²) in [6.45, 7) is 2.58. The maximum atomic E-state index is 12.2. The van der Waals surface area contributed by atoms with Crippen molar-refractivity contribution in [1.82, 2.24) is 10.2 Å². The molecular weight excluding hydrogens is 292 g/mol. The molecule has 114 valence electrons. The summed E-state index contributed by atoms with van der Waals surface area (Å²) >= 11 is 6.21. The van der Waals surface area contributed by atoms with Gasteiger partial charge < -0.3 is 15.0 Å². The van der Waals surface area contributed by atoms with Crippen LogP contribution in [0.25, 0.3) is 0 Å². The standard InChI is InChI=1S/C15H19ClN2O3/c1-2-21-14(19)10-17-15(20)18-9-5-8-13(18)11-6-3-4-7-12(11)16/h3-4,6-7,13H,2,5,8-10H2,1H3,(H,17,20)/t13-/m0/s1. The van der Waals surface area contributed by atoms with Gasteiger partial charge in [0, 0.05) is 11.6 Å². The van der Waals surface area contributed by atoms with Crippen molar-refractivity contribution in [2.24, 2.45) is 0 Å². The largest absolute Gasteiger partial charge is 0.465 e. The monoisotopic (exact) mass is 310 g/mol. The van der Waals surface area contributed by atoms with Crippen molar-refractivity contribution in [1.29, 1.82) is 0 Å². The molecule has 1 atom stereocenters. The SMILES string of the molecule is CCOC(=O)CNC(=O)N1CCC[C@H]1c1ccccc1Cl. The van der Waals surface area contributed by atoms with Gasteiger partial charge in [0.2, 0.25) is 0 Å². The van der Waals surface area contributed by atoms with Gasteiger partial charge in [0.15, 0.2) is 0 Å². The van der Waals surface area contributed by atoms with Gasteiger partial charge in [-0.2, -0.15) is 0 Å². The molecule has 2 amide bonds. The van der Waals surface area contributed by atoms with Gasteiger partial charge in [-0.1, -0.05) is 29.8 Å². The maximum Gasteiger partial charge on any atom is 0.325 e. The first-order valence-electron chi connectivity index (χ1n) is 7.08. The minimum absolute atomic E-state index is 0.0408. The quantitative estimate of drug-likeness (QED) is 0.870. The van der Waals surface area contributed by atoms with Gasteiger partial charge in [-0.05, 0) is 31.4 Å². The highest BCUT2D eigenvalue weighted by molar-refractivity contribution is 6.31. The van der Waals surface area contributed by atoms with E-state index in [2.05, 4.69) is 5.32 Å². The maximum absolute atomic E-state index is 12.2. The molecular formula is C15H19ClN2O3. The molecule has 0 saturated carbocycles. The van der Waals surface area contributed by atoms with Crippen molar-refractivity contribution >= 4 is 23.6 Å². The van der Waals surface area contributed by atoms with E-state index in [1.54, 1.807) is 11.8 Å². The third kappa shape index (κ3) is 3.88. The van der Waals surface area contributed by atoms with Crippen LogP contribution in [0.2, 0.25) is 5.02 Å². The molecule has 0 aromatic heterocycles. The normalized spacial score (nSPS) is 17.6. The van der Waals surface area contributed by atoms with Crippen molar-refractivity contribution < 1.29 is 14.3 Å². The van der Waals surface area contributed by atoms with Gasteiger partial charge in [0.05, 0.1) is 12.6 Å². The lowest BCUT2D eigenvalue weighted by atomic mass is 10.0. The fraction of sp³-hybridized carbons (Fsp3) is 0.467. The first-order valence-corrected chi connectivity index (χ1v) is 7.45. The number of amides is 2. The molecule has 21 heavy (non-hydrogen) atoms. The number of rotatable bonds is 4. The van der Waals surface area contributed by atoms with Crippen LogP contribution < -0.4 is 5.32 Å². The molecule has 1 aliphatic rings. The molecule has 1 fully saturated rings. The van der Waals surface area contributed by atoms with Gasteiger partial charge in [-0.15, -0.1) is 0 Å². The molecule has 0 bridgehead atoms. The number of ether oxygens (including phenoxy) is 1. The highest BCUT2D eigenvalue weighted by Gasteiger charge is 2.31. The van der Waals surface area contributed by atoms with E-state index in [1.807, 2.05) is 24.3 Å². The molecule has 1 aliphatic heterocycles. The Morgan fingerprint density at radius 2 is 2.19 bits per heavy atom. The Hall–Kier alpha value is -1.75. The van der Waals surface area contributed by atoms with Crippen LogP contribution in [-0.2, 0) is 9.53 Å². The van der Waals surface area contributed by atoms with Crippen LogP contribution in [0.3, 0.4) is 0 Å². The van der Waals surface area contributed by atoms with Crippen molar-refractivity contribution in [3.63, 3.8) is 0 Å². The molecule has 1 aromatic carbocycles. The molecule has 0 aliphatic carbocycles. The van der Waals surface area contributed by atoms with E-state index in [4.69, 9.17) is 16.3 Å².